The molecule has 0 saturated carbocycles. The van der Waals surface area contributed by atoms with E-state index < -0.39 is 0 Å². The molecule has 1 N–H and O–H groups in total. The summed E-state index contributed by atoms with van der Waals surface area (Å²) in [6.45, 7) is 1.88. The Morgan fingerprint density at radius 3 is 2.60 bits per heavy atom. The number of hydrogen-bond donors (Lipinski definition) is 1. The first-order valence-electron chi connectivity index (χ1n) is 6.28. The van der Waals surface area contributed by atoms with E-state index in [2.05, 4.69) is 10.5 Å². The molecular formula is C16H15ClN2O. The van der Waals surface area contributed by atoms with E-state index >= 15 is 0 Å². The van der Waals surface area contributed by atoms with Gasteiger partial charge < -0.3 is 0 Å². The summed E-state index contributed by atoms with van der Waals surface area (Å²) < 4.78 is 0. The van der Waals surface area contributed by atoms with Crippen LogP contribution in [0.1, 0.15) is 22.8 Å². The van der Waals surface area contributed by atoms with Gasteiger partial charge in [-0.3, -0.25) is 4.79 Å². The van der Waals surface area contributed by atoms with E-state index in [0.29, 0.717) is 17.0 Å². The quantitative estimate of drug-likeness (QED) is 0.676. The average molecular weight is 287 g/mol. The Balaban J connectivity index is 1.96. The number of halogens is 1. The van der Waals surface area contributed by atoms with Crippen LogP contribution in [0, 0.1) is 0 Å². The van der Waals surface area contributed by atoms with Gasteiger partial charge in [-0.05, 0) is 30.7 Å². The maximum atomic E-state index is 11.9. The maximum absolute atomic E-state index is 11.9. The van der Waals surface area contributed by atoms with Gasteiger partial charge in [0, 0.05) is 22.7 Å². The fourth-order valence-electron chi connectivity index (χ4n) is 1.77. The Bertz CT molecular complexity index is 623. The number of hydrazone groups is 1. The minimum atomic E-state index is -0.264. The first-order chi connectivity index (χ1) is 9.65. The summed E-state index contributed by atoms with van der Waals surface area (Å²) in [5, 5.41) is 4.63. The lowest BCUT2D eigenvalue weighted by Gasteiger charge is -2.03. The van der Waals surface area contributed by atoms with E-state index in [0.717, 1.165) is 11.3 Å². The van der Waals surface area contributed by atoms with Crippen molar-refractivity contribution in [3.8, 4) is 0 Å². The second kappa shape index (κ2) is 6.87. The molecule has 0 aliphatic heterocycles. The van der Waals surface area contributed by atoms with Crippen molar-refractivity contribution in [3.63, 3.8) is 0 Å². The Morgan fingerprint density at radius 1 is 1.15 bits per heavy atom. The van der Waals surface area contributed by atoms with Gasteiger partial charge in [0.25, 0.3) is 5.91 Å². The van der Waals surface area contributed by atoms with Crippen LogP contribution in [0.2, 0.25) is 5.02 Å². The summed E-state index contributed by atoms with van der Waals surface area (Å²) in [5.74, 6) is -0.264. The zero-order valence-corrected chi connectivity index (χ0v) is 11.9. The molecule has 2 rings (SSSR count). The van der Waals surface area contributed by atoms with Crippen LogP contribution in [0.4, 0.5) is 0 Å². The van der Waals surface area contributed by atoms with Gasteiger partial charge in [0.05, 0.1) is 0 Å². The topological polar surface area (TPSA) is 41.5 Å². The monoisotopic (exact) mass is 286 g/mol. The summed E-state index contributed by atoms with van der Waals surface area (Å²) in [4.78, 5) is 11.9. The molecule has 0 fully saturated rings. The molecule has 0 radical (unpaired) electrons. The SMILES string of the molecule is CC(Cc1ccccc1)=NNC(=O)c1cccc(Cl)c1. The zero-order valence-electron chi connectivity index (χ0n) is 11.1. The number of rotatable bonds is 4. The molecular weight excluding hydrogens is 272 g/mol. The van der Waals surface area contributed by atoms with Gasteiger partial charge in [-0.25, -0.2) is 5.43 Å². The molecule has 1 amide bonds. The van der Waals surface area contributed by atoms with Gasteiger partial charge in [-0.15, -0.1) is 0 Å². The Hall–Kier alpha value is -2.13. The van der Waals surface area contributed by atoms with Crippen LogP contribution in [0.15, 0.2) is 59.7 Å². The zero-order chi connectivity index (χ0) is 14.4. The van der Waals surface area contributed by atoms with Crippen LogP contribution < -0.4 is 5.43 Å². The third-order valence-electron chi connectivity index (χ3n) is 2.74. The number of benzene rings is 2. The number of nitrogens with one attached hydrogen (secondary N) is 1. The lowest BCUT2D eigenvalue weighted by Crippen LogP contribution is -2.19. The first-order valence-corrected chi connectivity index (χ1v) is 6.66. The molecule has 4 heteroatoms. The lowest BCUT2D eigenvalue weighted by atomic mass is 10.1. The van der Waals surface area contributed by atoms with Gasteiger partial charge >= 0.3 is 0 Å². The highest BCUT2D eigenvalue weighted by Crippen LogP contribution is 2.10. The Kier molecular flexibility index (Phi) is 4.91. The molecule has 2 aromatic rings. The normalized spacial score (nSPS) is 11.2. The second-order valence-electron chi connectivity index (χ2n) is 4.46. The summed E-state index contributed by atoms with van der Waals surface area (Å²) in [5.41, 5.74) is 5.03. The van der Waals surface area contributed by atoms with Crippen LogP contribution in [0.3, 0.4) is 0 Å². The minimum absolute atomic E-state index is 0.264. The van der Waals surface area contributed by atoms with E-state index in [-0.39, 0.29) is 5.91 Å². The predicted molar refractivity (Wildman–Crippen MR) is 82.2 cm³/mol. The highest BCUT2D eigenvalue weighted by molar-refractivity contribution is 6.30. The number of carbonyl (C=O) groups excluding carboxylic acids is 1. The van der Waals surface area contributed by atoms with Gasteiger partial charge in [0.1, 0.15) is 0 Å². The number of hydrogen-bond acceptors (Lipinski definition) is 2. The summed E-state index contributed by atoms with van der Waals surface area (Å²) in [6.07, 6.45) is 0.705. The van der Waals surface area contributed by atoms with Crippen molar-refractivity contribution in [2.75, 3.05) is 0 Å². The van der Waals surface area contributed by atoms with Crippen molar-refractivity contribution >= 4 is 23.2 Å². The molecule has 0 saturated heterocycles. The molecule has 3 nitrogen and oxygen atoms in total. The summed E-state index contributed by atoms with van der Waals surface area (Å²) in [6, 6.07) is 16.7. The number of carbonyl (C=O) groups is 1. The van der Waals surface area contributed by atoms with Crippen molar-refractivity contribution in [3.05, 3.63) is 70.7 Å². The molecule has 0 aliphatic carbocycles. The first kappa shape index (κ1) is 14.3. The molecule has 0 aliphatic rings. The predicted octanol–water partition coefficient (Wildman–Crippen LogP) is 3.69. The lowest BCUT2D eigenvalue weighted by molar-refractivity contribution is 0.0954. The fourth-order valence-corrected chi connectivity index (χ4v) is 1.96. The number of amides is 1. The molecule has 2 aromatic carbocycles. The smallest absolute Gasteiger partial charge is 0.267 e. The number of nitrogens with zero attached hydrogens (tertiary/aromatic N) is 1. The van der Waals surface area contributed by atoms with E-state index in [4.69, 9.17) is 11.6 Å². The fraction of sp³-hybridized carbons (Fsp3) is 0.125. The average Bonchev–Trinajstić information content (AvgIpc) is 2.46. The van der Waals surface area contributed by atoms with Gasteiger partial charge in [-0.2, -0.15) is 5.10 Å². The van der Waals surface area contributed by atoms with Gasteiger partial charge in [-0.1, -0.05) is 48.0 Å². The molecule has 0 atom stereocenters. The Labute approximate surface area is 123 Å². The molecule has 102 valence electrons. The molecule has 0 heterocycles. The third-order valence-corrected chi connectivity index (χ3v) is 2.97. The van der Waals surface area contributed by atoms with E-state index in [1.807, 2.05) is 37.3 Å². The van der Waals surface area contributed by atoms with Crippen LogP contribution in [0.25, 0.3) is 0 Å². The Morgan fingerprint density at radius 2 is 1.90 bits per heavy atom. The van der Waals surface area contributed by atoms with E-state index in [1.165, 1.54) is 0 Å². The molecule has 0 spiro atoms. The van der Waals surface area contributed by atoms with E-state index in [1.54, 1.807) is 24.3 Å². The summed E-state index contributed by atoms with van der Waals surface area (Å²) >= 11 is 5.84. The second-order valence-corrected chi connectivity index (χ2v) is 4.90. The minimum Gasteiger partial charge on any atom is -0.267 e. The molecule has 0 aromatic heterocycles. The summed E-state index contributed by atoms with van der Waals surface area (Å²) in [7, 11) is 0. The van der Waals surface area contributed by atoms with Crippen molar-refractivity contribution in [2.24, 2.45) is 5.10 Å². The highest BCUT2D eigenvalue weighted by Gasteiger charge is 2.04. The molecule has 0 unspecified atom stereocenters. The van der Waals surface area contributed by atoms with Crippen molar-refractivity contribution in [1.29, 1.82) is 0 Å². The molecule has 0 bridgehead atoms. The van der Waals surface area contributed by atoms with Crippen molar-refractivity contribution in [1.82, 2.24) is 5.43 Å². The van der Waals surface area contributed by atoms with Gasteiger partial charge in [0.2, 0.25) is 0 Å². The van der Waals surface area contributed by atoms with Crippen LogP contribution >= 0.6 is 11.6 Å². The van der Waals surface area contributed by atoms with E-state index in [9.17, 15) is 4.79 Å². The van der Waals surface area contributed by atoms with Crippen LogP contribution in [-0.2, 0) is 6.42 Å². The van der Waals surface area contributed by atoms with Crippen LogP contribution in [-0.4, -0.2) is 11.6 Å². The maximum Gasteiger partial charge on any atom is 0.271 e. The van der Waals surface area contributed by atoms with Crippen molar-refractivity contribution < 1.29 is 4.79 Å². The third kappa shape index (κ3) is 4.21. The highest BCUT2D eigenvalue weighted by atomic mass is 35.5. The largest absolute Gasteiger partial charge is 0.271 e. The molecule has 20 heavy (non-hydrogen) atoms. The van der Waals surface area contributed by atoms with Gasteiger partial charge in [0.15, 0.2) is 0 Å². The van der Waals surface area contributed by atoms with Crippen molar-refractivity contribution in [2.45, 2.75) is 13.3 Å². The standard InChI is InChI=1S/C16H15ClN2O/c1-12(10-13-6-3-2-4-7-13)18-19-16(20)14-8-5-9-15(17)11-14/h2-9,11H,10H2,1H3,(H,19,20). The van der Waals surface area contributed by atoms with Crippen LogP contribution in [0.5, 0.6) is 0 Å².